The molecule has 1 amide bonds. The van der Waals surface area contributed by atoms with Crippen molar-refractivity contribution in [3.8, 4) is 0 Å². The van der Waals surface area contributed by atoms with Crippen LogP contribution in [0.3, 0.4) is 0 Å². The van der Waals surface area contributed by atoms with Crippen molar-refractivity contribution in [3.05, 3.63) is 29.8 Å². The van der Waals surface area contributed by atoms with Crippen LogP contribution in [0.1, 0.15) is 5.56 Å². The third-order valence-corrected chi connectivity index (χ3v) is 3.29. The molecular weight excluding hydrogens is 196 g/mol. The summed E-state index contributed by atoms with van der Waals surface area (Å²) in [5.74, 6) is 0.864. The summed E-state index contributed by atoms with van der Waals surface area (Å²) in [7, 11) is 0. The number of anilines is 1. The quantitative estimate of drug-likeness (QED) is 0.713. The van der Waals surface area contributed by atoms with Crippen molar-refractivity contribution in [1.82, 2.24) is 5.32 Å². The van der Waals surface area contributed by atoms with E-state index in [0.717, 1.165) is 23.5 Å². The zero-order valence-electron chi connectivity index (χ0n) is 7.69. The van der Waals surface area contributed by atoms with Gasteiger partial charge in [0.2, 0.25) is 5.91 Å². The number of rotatable bonds is 2. The van der Waals surface area contributed by atoms with Crippen LogP contribution in [0.25, 0.3) is 0 Å². The summed E-state index contributed by atoms with van der Waals surface area (Å²) in [6, 6.07) is 7.70. The Hall–Kier alpha value is -1.16. The molecule has 3 N–H and O–H groups in total. The maximum absolute atomic E-state index is 11.3. The number of hydrogen-bond donors (Lipinski definition) is 2. The zero-order valence-corrected chi connectivity index (χ0v) is 8.51. The van der Waals surface area contributed by atoms with Gasteiger partial charge in [-0.25, -0.2) is 0 Å². The molecule has 1 heterocycles. The van der Waals surface area contributed by atoms with Crippen LogP contribution in [-0.4, -0.2) is 17.0 Å². The smallest absolute Gasteiger partial charge is 0.234 e. The summed E-state index contributed by atoms with van der Waals surface area (Å²) in [4.78, 5) is 11.3. The van der Waals surface area contributed by atoms with Crippen LogP contribution < -0.4 is 11.1 Å². The monoisotopic (exact) mass is 208 g/mol. The molecule has 0 aliphatic carbocycles. The Bertz CT molecular complexity index is 354. The van der Waals surface area contributed by atoms with Crippen molar-refractivity contribution in [1.29, 1.82) is 0 Å². The van der Waals surface area contributed by atoms with Crippen LogP contribution in [0.5, 0.6) is 0 Å². The Kier molecular flexibility index (Phi) is 2.63. The van der Waals surface area contributed by atoms with Gasteiger partial charge in [0.15, 0.2) is 0 Å². The van der Waals surface area contributed by atoms with Crippen molar-refractivity contribution in [3.63, 3.8) is 0 Å². The van der Waals surface area contributed by atoms with E-state index in [1.807, 2.05) is 24.3 Å². The lowest BCUT2D eigenvalue weighted by molar-refractivity contribution is -0.119. The molecule has 1 aromatic rings. The van der Waals surface area contributed by atoms with Crippen LogP contribution in [0.15, 0.2) is 24.3 Å². The highest BCUT2D eigenvalue weighted by molar-refractivity contribution is 8.01. The summed E-state index contributed by atoms with van der Waals surface area (Å²) < 4.78 is 0. The number of nitrogens with one attached hydrogen (secondary N) is 1. The Balaban J connectivity index is 2.07. The number of benzene rings is 1. The Morgan fingerprint density at radius 1 is 1.57 bits per heavy atom. The summed E-state index contributed by atoms with van der Waals surface area (Å²) in [5, 5.41) is 2.85. The van der Waals surface area contributed by atoms with Gasteiger partial charge >= 0.3 is 0 Å². The van der Waals surface area contributed by atoms with Crippen LogP contribution in [0.2, 0.25) is 0 Å². The molecule has 1 fully saturated rings. The zero-order chi connectivity index (χ0) is 9.97. The van der Waals surface area contributed by atoms with Crippen molar-refractivity contribution in [2.24, 2.45) is 0 Å². The molecule has 14 heavy (non-hydrogen) atoms. The number of carbonyl (C=O) groups excluding carboxylic acids is 1. The maximum Gasteiger partial charge on any atom is 0.234 e. The van der Waals surface area contributed by atoms with Gasteiger partial charge in [0.05, 0.1) is 11.1 Å². The minimum absolute atomic E-state index is 0.0526. The van der Waals surface area contributed by atoms with Gasteiger partial charge in [-0.05, 0) is 24.1 Å². The summed E-state index contributed by atoms with van der Waals surface area (Å²) in [5.41, 5.74) is 7.54. The highest BCUT2D eigenvalue weighted by atomic mass is 32.2. The van der Waals surface area contributed by atoms with Crippen molar-refractivity contribution >= 4 is 23.4 Å². The van der Waals surface area contributed by atoms with E-state index in [4.69, 9.17) is 5.73 Å². The topological polar surface area (TPSA) is 55.1 Å². The van der Waals surface area contributed by atoms with E-state index >= 15 is 0 Å². The number of hydrogen-bond acceptors (Lipinski definition) is 3. The lowest BCUT2D eigenvalue weighted by atomic mass is 10.1. The molecule has 1 unspecified atom stereocenters. The summed E-state index contributed by atoms with van der Waals surface area (Å²) in [6.45, 7) is 0. The SMILES string of the molecule is Nc1cccc(CC2SCNC2=O)c1. The normalized spacial score (nSPS) is 20.9. The van der Waals surface area contributed by atoms with E-state index in [9.17, 15) is 4.79 Å². The molecule has 2 rings (SSSR count). The average Bonchev–Trinajstić information content (AvgIpc) is 2.52. The molecule has 1 aromatic carbocycles. The molecule has 74 valence electrons. The van der Waals surface area contributed by atoms with Crippen LogP contribution in [0.4, 0.5) is 5.69 Å². The van der Waals surface area contributed by atoms with Gasteiger partial charge in [0, 0.05) is 5.69 Å². The molecule has 0 aromatic heterocycles. The molecule has 0 bridgehead atoms. The van der Waals surface area contributed by atoms with Gasteiger partial charge in [-0.15, -0.1) is 11.8 Å². The highest BCUT2D eigenvalue weighted by Gasteiger charge is 2.24. The number of nitrogens with two attached hydrogens (primary N) is 1. The standard InChI is InChI=1S/C10H12N2OS/c11-8-3-1-2-7(4-8)5-9-10(13)12-6-14-9/h1-4,9H,5-6,11H2,(H,12,13). The Morgan fingerprint density at radius 2 is 2.43 bits per heavy atom. The largest absolute Gasteiger partial charge is 0.399 e. The van der Waals surface area contributed by atoms with Gasteiger partial charge in [0.25, 0.3) is 0 Å². The molecule has 4 heteroatoms. The predicted molar refractivity (Wildman–Crippen MR) is 58.9 cm³/mol. The molecule has 1 atom stereocenters. The van der Waals surface area contributed by atoms with Crippen LogP contribution in [-0.2, 0) is 11.2 Å². The number of thioether (sulfide) groups is 1. The second-order valence-corrected chi connectivity index (χ2v) is 4.48. The molecule has 1 aliphatic heterocycles. The third-order valence-electron chi connectivity index (χ3n) is 2.20. The first-order chi connectivity index (χ1) is 6.75. The summed E-state index contributed by atoms with van der Waals surface area (Å²) in [6.07, 6.45) is 0.765. The third kappa shape index (κ3) is 2.01. The molecule has 1 saturated heterocycles. The van der Waals surface area contributed by atoms with E-state index in [2.05, 4.69) is 5.32 Å². The molecule has 0 saturated carbocycles. The predicted octanol–water partition coefficient (Wildman–Crippen LogP) is 1.00. The molecule has 1 aliphatic rings. The lowest BCUT2D eigenvalue weighted by Crippen LogP contribution is -2.24. The maximum atomic E-state index is 11.3. The first-order valence-corrected chi connectivity index (χ1v) is 5.54. The fourth-order valence-corrected chi connectivity index (χ4v) is 2.46. The second kappa shape index (κ2) is 3.92. The van der Waals surface area contributed by atoms with Gasteiger partial charge in [0.1, 0.15) is 0 Å². The first kappa shape index (κ1) is 9.40. The number of nitrogen functional groups attached to an aromatic ring is 1. The van der Waals surface area contributed by atoms with E-state index < -0.39 is 0 Å². The van der Waals surface area contributed by atoms with Crippen LogP contribution in [0, 0.1) is 0 Å². The molecular formula is C10H12N2OS. The minimum Gasteiger partial charge on any atom is -0.399 e. The minimum atomic E-state index is 0.0526. The lowest BCUT2D eigenvalue weighted by Gasteiger charge is -2.06. The number of carbonyl (C=O) groups is 1. The summed E-state index contributed by atoms with van der Waals surface area (Å²) >= 11 is 1.65. The second-order valence-electron chi connectivity index (χ2n) is 3.29. The van der Waals surface area contributed by atoms with E-state index in [1.165, 1.54) is 0 Å². The fourth-order valence-electron chi connectivity index (χ4n) is 1.49. The fraction of sp³-hybridized carbons (Fsp3) is 0.300. The van der Waals surface area contributed by atoms with Crippen molar-refractivity contribution in [2.75, 3.05) is 11.6 Å². The average molecular weight is 208 g/mol. The first-order valence-electron chi connectivity index (χ1n) is 4.49. The molecule has 0 radical (unpaired) electrons. The van der Waals surface area contributed by atoms with E-state index in [-0.39, 0.29) is 11.2 Å². The number of amides is 1. The van der Waals surface area contributed by atoms with Crippen molar-refractivity contribution in [2.45, 2.75) is 11.7 Å². The highest BCUT2D eigenvalue weighted by Crippen LogP contribution is 2.21. The van der Waals surface area contributed by atoms with E-state index in [1.54, 1.807) is 11.8 Å². The van der Waals surface area contributed by atoms with Crippen LogP contribution >= 0.6 is 11.8 Å². The van der Waals surface area contributed by atoms with Gasteiger partial charge in [-0.3, -0.25) is 4.79 Å². The Labute approximate surface area is 87.1 Å². The van der Waals surface area contributed by atoms with Gasteiger partial charge in [-0.2, -0.15) is 0 Å². The molecule has 0 spiro atoms. The van der Waals surface area contributed by atoms with E-state index in [0.29, 0.717) is 0 Å². The Morgan fingerprint density at radius 3 is 3.07 bits per heavy atom. The van der Waals surface area contributed by atoms with Crippen molar-refractivity contribution < 1.29 is 4.79 Å². The van der Waals surface area contributed by atoms with Gasteiger partial charge in [-0.1, -0.05) is 12.1 Å². The van der Waals surface area contributed by atoms with Gasteiger partial charge < -0.3 is 11.1 Å². The molecule has 3 nitrogen and oxygen atoms in total.